The number of hydrogen-bond acceptors (Lipinski definition) is 4. The molecule has 1 saturated heterocycles. The molecule has 4 heteroatoms. The third-order valence-corrected chi connectivity index (χ3v) is 4.29. The largest absolute Gasteiger partial charge is 0.366 e. The van der Waals surface area contributed by atoms with Crippen molar-refractivity contribution in [1.29, 1.82) is 0 Å². The Hall–Kier alpha value is -2.10. The maximum Gasteiger partial charge on any atom is 0.227 e. The van der Waals surface area contributed by atoms with Crippen LogP contribution in [-0.4, -0.2) is 23.1 Å². The number of anilines is 2. The Labute approximate surface area is 139 Å². The minimum absolute atomic E-state index is 0.789. The minimum atomic E-state index is 0.789. The Morgan fingerprint density at radius 3 is 2.52 bits per heavy atom. The molecule has 1 N–H and O–H groups in total. The molecule has 0 aliphatic carbocycles. The van der Waals surface area contributed by atoms with E-state index in [2.05, 4.69) is 46.4 Å². The molecule has 1 fully saturated rings. The van der Waals surface area contributed by atoms with Crippen molar-refractivity contribution >= 4 is 11.8 Å². The predicted molar refractivity (Wildman–Crippen MR) is 96.0 cm³/mol. The second-order valence-corrected chi connectivity index (χ2v) is 6.44. The van der Waals surface area contributed by atoms with Crippen LogP contribution in [-0.2, 0) is 6.54 Å². The average molecular weight is 310 g/mol. The van der Waals surface area contributed by atoms with E-state index >= 15 is 0 Å². The van der Waals surface area contributed by atoms with E-state index in [9.17, 15) is 0 Å². The molecule has 0 radical (unpaired) electrons. The van der Waals surface area contributed by atoms with Crippen LogP contribution in [0.2, 0.25) is 0 Å². The van der Waals surface area contributed by atoms with Crippen LogP contribution in [0.25, 0.3) is 0 Å². The first kappa shape index (κ1) is 15.8. The summed E-state index contributed by atoms with van der Waals surface area (Å²) >= 11 is 0. The Balaban J connectivity index is 1.72. The SMILES string of the molecule is Cc1cccc(CNc2cc(C)nc(N3CCCCCC3)n2)c1. The zero-order chi connectivity index (χ0) is 16.1. The van der Waals surface area contributed by atoms with Gasteiger partial charge in [-0.25, -0.2) is 4.98 Å². The molecule has 1 aromatic heterocycles. The molecule has 1 aliphatic heterocycles. The van der Waals surface area contributed by atoms with E-state index in [1.807, 2.05) is 13.0 Å². The van der Waals surface area contributed by atoms with Crippen molar-refractivity contribution in [1.82, 2.24) is 9.97 Å². The molecule has 2 aromatic rings. The van der Waals surface area contributed by atoms with Gasteiger partial charge >= 0.3 is 0 Å². The van der Waals surface area contributed by atoms with Gasteiger partial charge in [0.15, 0.2) is 0 Å². The van der Waals surface area contributed by atoms with E-state index in [4.69, 9.17) is 4.98 Å². The summed E-state index contributed by atoms with van der Waals surface area (Å²) in [6.45, 7) is 7.09. The fourth-order valence-corrected chi connectivity index (χ4v) is 3.07. The monoisotopic (exact) mass is 310 g/mol. The lowest BCUT2D eigenvalue weighted by Gasteiger charge is -2.21. The van der Waals surface area contributed by atoms with Crippen LogP contribution in [0.15, 0.2) is 30.3 Å². The van der Waals surface area contributed by atoms with E-state index in [0.717, 1.165) is 37.1 Å². The topological polar surface area (TPSA) is 41.1 Å². The summed E-state index contributed by atoms with van der Waals surface area (Å²) in [7, 11) is 0. The third kappa shape index (κ3) is 4.44. The second-order valence-electron chi connectivity index (χ2n) is 6.44. The van der Waals surface area contributed by atoms with E-state index < -0.39 is 0 Å². The van der Waals surface area contributed by atoms with Crippen molar-refractivity contribution in [2.24, 2.45) is 0 Å². The number of nitrogens with one attached hydrogen (secondary N) is 1. The number of rotatable bonds is 4. The second kappa shape index (κ2) is 7.44. The lowest BCUT2D eigenvalue weighted by molar-refractivity contribution is 0.726. The number of hydrogen-bond donors (Lipinski definition) is 1. The molecule has 1 aliphatic rings. The molecule has 0 unspecified atom stereocenters. The van der Waals surface area contributed by atoms with Gasteiger partial charge in [-0.3, -0.25) is 0 Å². The van der Waals surface area contributed by atoms with Gasteiger partial charge < -0.3 is 10.2 Å². The molecule has 0 amide bonds. The Kier molecular flexibility index (Phi) is 5.11. The van der Waals surface area contributed by atoms with Crippen LogP contribution >= 0.6 is 0 Å². The van der Waals surface area contributed by atoms with Gasteiger partial charge in [0.1, 0.15) is 5.82 Å². The lowest BCUT2D eigenvalue weighted by atomic mass is 10.1. The molecule has 0 saturated carbocycles. The molecule has 0 spiro atoms. The standard InChI is InChI=1S/C19H26N4/c1-15-8-7-9-17(12-15)14-20-18-13-16(2)21-19(22-18)23-10-5-3-4-6-11-23/h7-9,12-13H,3-6,10-11,14H2,1-2H3,(H,20,21,22). The summed E-state index contributed by atoms with van der Waals surface area (Å²) in [6, 6.07) is 10.6. The normalized spacial score (nSPS) is 15.3. The quantitative estimate of drug-likeness (QED) is 0.923. The zero-order valence-corrected chi connectivity index (χ0v) is 14.2. The fourth-order valence-electron chi connectivity index (χ4n) is 3.07. The van der Waals surface area contributed by atoms with Gasteiger partial charge in [0.25, 0.3) is 0 Å². The molecule has 3 rings (SSSR count). The molecule has 23 heavy (non-hydrogen) atoms. The zero-order valence-electron chi connectivity index (χ0n) is 14.2. The molecular weight excluding hydrogens is 284 g/mol. The molecule has 122 valence electrons. The summed E-state index contributed by atoms with van der Waals surface area (Å²) < 4.78 is 0. The van der Waals surface area contributed by atoms with Crippen molar-refractivity contribution in [2.75, 3.05) is 23.3 Å². The smallest absolute Gasteiger partial charge is 0.227 e. The third-order valence-electron chi connectivity index (χ3n) is 4.29. The lowest BCUT2D eigenvalue weighted by Crippen LogP contribution is -2.26. The highest BCUT2D eigenvalue weighted by atomic mass is 15.3. The van der Waals surface area contributed by atoms with E-state index in [1.165, 1.54) is 36.8 Å². The van der Waals surface area contributed by atoms with E-state index in [1.54, 1.807) is 0 Å². The highest BCUT2D eigenvalue weighted by Gasteiger charge is 2.13. The van der Waals surface area contributed by atoms with Gasteiger partial charge in [0, 0.05) is 31.4 Å². The van der Waals surface area contributed by atoms with Gasteiger partial charge in [-0.1, -0.05) is 42.7 Å². The molecule has 2 heterocycles. The highest BCUT2D eigenvalue weighted by Crippen LogP contribution is 2.19. The van der Waals surface area contributed by atoms with Crippen molar-refractivity contribution in [2.45, 2.75) is 46.1 Å². The van der Waals surface area contributed by atoms with Gasteiger partial charge in [0.05, 0.1) is 0 Å². The van der Waals surface area contributed by atoms with Crippen LogP contribution in [0.5, 0.6) is 0 Å². The number of aryl methyl sites for hydroxylation is 2. The van der Waals surface area contributed by atoms with E-state index in [-0.39, 0.29) is 0 Å². The number of aromatic nitrogens is 2. The summed E-state index contributed by atoms with van der Waals surface area (Å²) in [5.41, 5.74) is 3.58. The predicted octanol–water partition coefficient (Wildman–Crippen LogP) is 4.09. The summed E-state index contributed by atoms with van der Waals surface area (Å²) in [5, 5.41) is 3.45. The molecule has 1 aromatic carbocycles. The van der Waals surface area contributed by atoms with Gasteiger partial charge in [-0.15, -0.1) is 0 Å². The van der Waals surface area contributed by atoms with Crippen LogP contribution in [0, 0.1) is 13.8 Å². The van der Waals surface area contributed by atoms with Gasteiger partial charge in [0.2, 0.25) is 5.95 Å². The van der Waals surface area contributed by atoms with Crippen molar-refractivity contribution < 1.29 is 0 Å². The first-order valence-corrected chi connectivity index (χ1v) is 8.61. The van der Waals surface area contributed by atoms with Crippen LogP contribution in [0.1, 0.15) is 42.5 Å². The molecule has 0 atom stereocenters. The summed E-state index contributed by atoms with van der Waals surface area (Å²) in [6.07, 6.45) is 5.12. The van der Waals surface area contributed by atoms with E-state index in [0.29, 0.717) is 0 Å². The molecule has 4 nitrogen and oxygen atoms in total. The highest BCUT2D eigenvalue weighted by molar-refractivity contribution is 5.44. The fraction of sp³-hybridized carbons (Fsp3) is 0.474. The van der Waals surface area contributed by atoms with Gasteiger partial charge in [-0.05, 0) is 32.3 Å². The average Bonchev–Trinajstić information content (AvgIpc) is 2.82. The maximum atomic E-state index is 4.74. The van der Waals surface area contributed by atoms with Gasteiger partial charge in [-0.2, -0.15) is 4.98 Å². The van der Waals surface area contributed by atoms with Crippen LogP contribution in [0.4, 0.5) is 11.8 Å². The van der Waals surface area contributed by atoms with Crippen LogP contribution < -0.4 is 10.2 Å². The molecular formula is C19H26N4. The number of nitrogens with zero attached hydrogens (tertiary/aromatic N) is 3. The Morgan fingerprint density at radius 1 is 1.00 bits per heavy atom. The minimum Gasteiger partial charge on any atom is -0.366 e. The Bertz CT molecular complexity index is 646. The first-order chi connectivity index (χ1) is 11.2. The maximum absolute atomic E-state index is 4.74. The van der Waals surface area contributed by atoms with Crippen molar-refractivity contribution in [3.63, 3.8) is 0 Å². The summed E-state index contributed by atoms with van der Waals surface area (Å²) in [5.74, 6) is 1.79. The summed E-state index contributed by atoms with van der Waals surface area (Å²) in [4.78, 5) is 11.7. The van der Waals surface area contributed by atoms with Crippen molar-refractivity contribution in [3.8, 4) is 0 Å². The van der Waals surface area contributed by atoms with Crippen molar-refractivity contribution in [3.05, 3.63) is 47.2 Å². The number of benzene rings is 1. The van der Waals surface area contributed by atoms with Crippen LogP contribution in [0.3, 0.4) is 0 Å². The molecule has 0 bridgehead atoms. The Morgan fingerprint density at radius 2 is 1.78 bits per heavy atom. The first-order valence-electron chi connectivity index (χ1n) is 8.61.